The van der Waals surface area contributed by atoms with Gasteiger partial charge in [0, 0.05) is 0 Å². The van der Waals surface area contributed by atoms with E-state index in [1.54, 1.807) is 0 Å². The first kappa shape index (κ1) is 21.3. The summed E-state index contributed by atoms with van der Waals surface area (Å²) in [6.45, 7) is 23.2. The van der Waals surface area contributed by atoms with Crippen molar-refractivity contribution in [3.63, 3.8) is 0 Å². The minimum atomic E-state index is -0.211. The van der Waals surface area contributed by atoms with E-state index in [1.807, 2.05) is 0 Å². The standard InChI is InChI=1S/2C8H18NO.Ni/c2*1-5-9(6-2)7-8(3,4)10;/h2*5-7H2,1-4H3;/q2*-1;+2. The molecule has 0 aliphatic carbocycles. The van der Waals surface area contributed by atoms with Gasteiger partial charge in [-0.25, -0.2) is 0 Å². The van der Waals surface area contributed by atoms with Crippen molar-refractivity contribution in [1.82, 2.24) is 9.80 Å². The summed E-state index contributed by atoms with van der Waals surface area (Å²) in [7, 11) is 0. The molecular formula is C16H36N2NiO2. The monoisotopic (exact) mass is 346 g/mol. The van der Waals surface area contributed by atoms with Crippen molar-refractivity contribution in [2.24, 2.45) is 0 Å². The third-order valence-corrected chi connectivity index (χ3v) is 4.66. The summed E-state index contributed by atoms with van der Waals surface area (Å²) in [5.41, 5.74) is -0.422. The van der Waals surface area contributed by atoms with Crippen LogP contribution in [0.3, 0.4) is 0 Å². The van der Waals surface area contributed by atoms with E-state index < -0.39 is 0 Å². The van der Waals surface area contributed by atoms with Crippen LogP contribution >= 0.6 is 0 Å². The molecule has 0 aromatic rings. The molecule has 132 valence electrons. The second-order valence-corrected chi connectivity index (χ2v) is 7.19. The first-order valence-electron chi connectivity index (χ1n) is 8.10. The molecule has 4 nitrogen and oxygen atoms in total. The molecule has 0 aliphatic rings. The zero-order valence-corrected chi connectivity index (χ0v) is 16.3. The number of hydrogen-bond donors (Lipinski definition) is 0. The molecule has 0 bridgehead atoms. The van der Waals surface area contributed by atoms with Crippen LogP contribution in [0.15, 0.2) is 0 Å². The van der Waals surface area contributed by atoms with Gasteiger partial charge in [0.25, 0.3) is 0 Å². The Labute approximate surface area is 139 Å². The first-order chi connectivity index (χ1) is 9.69. The Bertz CT molecular complexity index is 239. The van der Waals surface area contributed by atoms with Crippen LogP contribution in [0, 0.1) is 0 Å². The van der Waals surface area contributed by atoms with Gasteiger partial charge in [-0.15, -0.1) is 0 Å². The zero-order chi connectivity index (χ0) is 16.5. The molecule has 5 heteroatoms. The van der Waals surface area contributed by atoms with E-state index in [9.17, 15) is 0 Å². The molecule has 0 amide bonds. The number of nitrogens with zero attached hydrogens (tertiary/aromatic N) is 2. The van der Waals surface area contributed by atoms with E-state index in [4.69, 9.17) is 7.76 Å². The van der Waals surface area contributed by atoms with Crippen molar-refractivity contribution in [3.05, 3.63) is 0 Å². The van der Waals surface area contributed by atoms with Crippen LogP contribution in [0.5, 0.6) is 0 Å². The molecule has 0 spiro atoms. The summed E-state index contributed by atoms with van der Waals surface area (Å²) in [5.74, 6) is 0. The summed E-state index contributed by atoms with van der Waals surface area (Å²) in [5, 5.41) is 0. The topological polar surface area (TPSA) is 24.9 Å². The van der Waals surface area contributed by atoms with Crippen molar-refractivity contribution >= 4 is 0 Å². The third-order valence-electron chi connectivity index (χ3n) is 3.40. The molecule has 0 rings (SSSR count). The van der Waals surface area contributed by atoms with Crippen LogP contribution in [0.2, 0.25) is 0 Å². The van der Waals surface area contributed by atoms with Crippen molar-refractivity contribution < 1.29 is 22.8 Å². The molecule has 0 atom stereocenters. The normalized spacial score (nSPS) is 13.6. The molecule has 0 heterocycles. The maximum absolute atomic E-state index is 5.90. The molecule has 0 saturated heterocycles. The molecule has 0 unspecified atom stereocenters. The van der Waals surface area contributed by atoms with Crippen LogP contribution in [0.1, 0.15) is 55.4 Å². The van der Waals surface area contributed by atoms with E-state index in [0.29, 0.717) is 0 Å². The van der Waals surface area contributed by atoms with Crippen molar-refractivity contribution in [3.8, 4) is 0 Å². The Morgan fingerprint density at radius 1 is 0.667 bits per heavy atom. The van der Waals surface area contributed by atoms with E-state index in [1.165, 1.54) is 0 Å². The van der Waals surface area contributed by atoms with Crippen LogP contribution < -0.4 is 0 Å². The first-order valence-corrected chi connectivity index (χ1v) is 8.91. The summed E-state index contributed by atoms with van der Waals surface area (Å²) in [6, 6.07) is 0. The van der Waals surface area contributed by atoms with E-state index in [2.05, 4.69) is 65.2 Å². The van der Waals surface area contributed by atoms with Gasteiger partial charge in [-0.05, 0) is 0 Å². The average Bonchev–Trinajstić information content (AvgIpc) is 2.41. The van der Waals surface area contributed by atoms with Crippen LogP contribution in [-0.2, 0) is 22.8 Å². The average molecular weight is 347 g/mol. The predicted molar refractivity (Wildman–Crippen MR) is 85.9 cm³/mol. The van der Waals surface area contributed by atoms with Crippen molar-refractivity contribution in [1.29, 1.82) is 0 Å². The fraction of sp³-hybridized carbons (Fsp3) is 1.00. The van der Waals surface area contributed by atoms with Gasteiger partial charge < -0.3 is 0 Å². The van der Waals surface area contributed by atoms with Crippen molar-refractivity contribution in [2.45, 2.75) is 66.6 Å². The van der Waals surface area contributed by atoms with E-state index >= 15 is 0 Å². The summed E-state index contributed by atoms with van der Waals surface area (Å²) in [4.78, 5) is 4.73. The predicted octanol–water partition coefficient (Wildman–Crippen LogP) is 3.17. The van der Waals surface area contributed by atoms with Crippen LogP contribution in [0.4, 0.5) is 0 Å². The third kappa shape index (κ3) is 9.86. The Hall–Kier alpha value is 0.334. The molecule has 0 radical (unpaired) electrons. The van der Waals surface area contributed by atoms with Crippen LogP contribution in [0.25, 0.3) is 0 Å². The summed E-state index contributed by atoms with van der Waals surface area (Å²) < 4.78 is 11.8. The Kier molecular flexibility index (Phi) is 10.3. The molecule has 0 aromatic carbocycles. The number of hydrogen-bond acceptors (Lipinski definition) is 4. The quantitative estimate of drug-likeness (QED) is 0.507. The fourth-order valence-electron chi connectivity index (χ4n) is 2.17. The Balaban J connectivity index is 4.20. The van der Waals surface area contributed by atoms with Gasteiger partial charge in [0.05, 0.1) is 0 Å². The second kappa shape index (κ2) is 10.2. The summed E-state index contributed by atoms with van der Waals surface area (Å²) >= 11 is 0.942. The fourth-order valence-corrected chi connectivity index (χ4v) is 2.78. The number of likely N-dealkylation sites (N-methyl/N-ethyl adjacent to an activating group) is 2. The molecule has 0 fully saturated rings. The van der Waals surface area contributed by atoms with Crippen LogP contribution in [-0.4, -0.2) is 60.3 Å². The van der Waals surface area contributed by atoms with Gasteiger partial charge in [-0.3, -0.25) is 0 Å². The van der Waals surface area contributed by atoms with Gasteiger partial charge in [-0.1, -0.05) is 0 Å². The SMILES string of the molecule is CCN(CC)CC(C)(C)[O][Ni][O]C(C)(C)CN(CC)CC. The Morgan fingerprint density at radius 2 is 0.952 bits per heavy atom. The maximum atomic E-state index is 5.90. The summed E-state index contributed by atoms with van der Waals surface area (Å²) in [6.07, 6.45) is 0. The molecule has 0 saturated carbocycles. The number of rotatable bonds is 12. The van der Waals surface area contributed by atoms with E-state index in [0.717, 1.165) is 54.4 Å². The van der Waals surface area contributed by atoms with Gasteiger partial charge in [0.15, 0.2) is 0 Å². The molecule has 21 heavy (non-hydrogen) atoms. The zero-order valence-electron chi connectivity index (χ0n) is 15.3. The van der Waals surface area contributed by atoms with Gasteiger partial charge >= 0.3 is 139 Å². The van der Waals surface area contributed by atoms with Gasteiger partial charge in [0.1, 0.15) is 0 Å². The van der Waals surface area contributed by atoms with Gasteiger partial charge in [-0.2, -0.15) is 0 Å². The molecule has 0 aromatic heterocycles. The van der Waals surface area contributed by atoms with E-state index in [-0.39, 0.29) is 11.2 Å². The molecule has 0 N–H and O–H groups in total. The Morgan fingerprint density at radius 3 is 1.19 bits per heavy atom. The molecular weight excluding hydrogens is 311 g/mol. The van der Waals surface area contributed by atoms with Gasteiger partial charge in [0.2, 0.25) is 0 Å². The van der Waals surface area contributed by atoms with Crippen molar-refractivity contribution in [2.75, 3.05) is 39.3 Å². The minimum absolute atomic E-state index is 0.211. The second-order valence-electron chi connectivity index (χ2n) is 6.62. The molecule has 0 aliphatic heterocycles.